The molecule has 0 spiro atoms. The van der Waals surface area contributed by atoms with Gasteiger partial charge in [-0.1, -0.05) is 6.07 Å². The lowest BCUT2D eigenvalue weighted by molar-refractivity contribution is -0.138. The van der Waals surface area contributed by atoms with E-state index < -0.39 is 11.8 Å². The Morgan fingerprint density at radius 1 is 0.864 bits per heavy atom. The van der Waals surface area contributed by atoms with Crippen LogP contribution in [-0.2, 0) is 19.2 Å². The molecule has 2 fully saturated rings. The molecule has 2 aliphatic rings. The van der Waals surface area contributed by atoms with E-state index >= 15 is 0 Å². The smallest absolute Gasteiger partial charge is 0.238 e. The van der Waals surface area contributed by atoms with Gasteiger partial charge in [-0.05, 0) is 12.1 Å². The number of rotatable bonds is 2. The van der Waals surface area contributed by atoms with Crippen LogP contribution in [0.25, 0.3) is 0 Å². The van der Waals surface area contributed by atoms with Crippen molar-refractivity contribution in [1.82, 2.24) is 14.8 Å². The van der Waals surface area contributed by atoms with Crippen LogP contribution in [0.2, 0.25) is 0 Å². The molecule has 2 aliphatic heterocycles. The Balaban J connectivity index is 1.91. The maximum absolute atomic E-state index is 12.1. The van der Waals surface area contributed by atoms with Crippen molar-refractivity contribution in [2.24, 2.45) is 0 Å². The normalized spacial score (nSPS) is 25.5. The van der Waals surface area contributed by atoms with Crippen LogP contribution in [0.1, 0.15) is 36.1 Å². The fourth-order valence-electron chi connectivity index (χ4n) is 2.83. The van der Waals surface area contributed by atoms with Gasteiger partial charge in [0, 0.05) is 26.9 Å². The van der Waals surface area contributed by atoms with Gasteiger partial charge in [0.25, 0.3) is 0 Å². The van der Waals surface area contributed by atoms with Gasteiger partial charge < -0.3 is 0 Å². The Kier molecular flexibility index (Phi) is 3.27. The third-order valence-electron chi connectivity index (χ3n) is 4.27. The largest absolute Gasteiger partial charge is 0.285 e. The number of carbonyl (C=O) groups is 4. The van der Waals surface area contributed by atoms with E-state index in [0.717, 1.165) is 9.80 Å². The van der Waals surface area contributed by atoms with Crippen LogP contribution in [0.15, 0.2) is 18.2 Å². The molecule has 2 atom stereocenters. The minimum absolute atomic E-state index is 0.0865. The van der Waals surface area contributed by atoms with Crippen LogP contribution in [0.5, 0.6) is 0 Å². The predicted octanol–water partition coefficient (Wildman–Crippen LogP) is 0.0262. The van der Waals surface area contributed by atoms with Crippen molar-refractivity contribution in [1.29, 1.82) is 0 Å². The molecule has 3 rings (SSSR count). The average Bonchev–Trinajstić information content (AvgIpc) is 2.92. The van der Waals surface area contributed by atoms with E-state index in [4.69, 9.17) is 0 Å². The lowest BCUT2D eigenvalue weighted by Gasteiger charge is -2.12. The number of aromatic nitrogens is 1. The van der Waals surface area contributed by atoms with E-state index in [-0.39, 0.29) is 36.5 Å². The molecule has 1 aromatic rings. The zero-order valence-electron chi connectivity index (χ0n) is 12.3. The Bertz CT molecular complexity index is 645. The van der Waals surface area contributed by atoms with Crippen molar-refractivity contribution >= 4 is 23.6 Å². The van der Waals surface area contributed by atoms with Crippen molar-refractivity contribution < 1.29 is 19.2 Å². The Morgan fingerprint density at radius 2 is 1.27 bits per heavy atom. The molecule has 2 saturated heterocycles. The van der Waals surface area contributed by atoms with Gasteiger partial charge in [0.2, 0.25) is 23.6 Å². The van der Waals surface area contributed by atoms with E-state index in [1.54, 1.807) is 18.2 Å². The van der Waals surface area contributed by atoms with Crippen LogP contribution in [0.3, 0.4) is 0 Å². The highest BCUT2D eigenvalue weighted by atomic mass is 16.2. The fraction of sp³-hybridized carbons (Fsp3) is 0.400. The molecule has 4 amide bonds. The molecule has 7 heteroatoms. The van der Waals surface area contributed by atoms with Crippen LogP contribution in [0.4, 0.5) is 0 Å². The predicted molar refractivity (Wildman–Crippen MR) is 74.5 cm³/mol. The standard InChI is InChI=1S/C15H15N3O4/c1-17-12(19)6-8(14(17)21)10-4-3-5-11(16-10)9-7-13(20)18(2)15(9)22/h3-5,8-9H,6-7H2,1-2H3/t8-,9-/m0/s1. The minimum atomic E-state index is -0.609. The van der Waals surface area contributed by atoms with E-state index in [9.17, 15) is 19.2 Å². The highest BCUT2D eigenvalue weighted by molar-refractivity contribution is 6.06. The molecule has 114 valence electrons. The number of hydrogen-bond acceptors (Lipinski definition) is 5. The molecule has 7 nitrogen and oxygen atoms in total. The maximum Gasteiger partial charge on any atom is 0.238 e. The Labute approximate surface area is 126 Å². The average molecular weight is 301 g/mol. The van der Waals surface area contributed by atoms with Crippen molar-refractivity contribution in [3.8, 4) is 0 Å². The van der Waals surface area contributed by atoms with Gasteiger partial charge in [0.1, 0.15) is 0 Å². The highest BCUT2D eigenvalue weighted by Gasteiger charge is 2.40. The monoisotopic (exact) mass is 301 g/mol. The molecule has 0 N–H and O–H groups in total. The summed E-state index contributed by atoms with van der Waals surface area (Å²) < 4.78 is 0. The third-order valence-corrected chi connectivity index (χ3v) is 4.27. The number of carbonyl (C=O) groups excluding carboxylic acids is 4. The second-order valence-electron chi connectivity index (χ2n) is 5.58. The molecule has 0 unspecified atom stereocenters. The summed E-state index contributed by atoms with van der Waals surface area (Å²) in [5.41, 5.74) is 0.935. The first kappa shape index (κ1) is 14.4. The SMILES string of the molecule is CN1C(=O)C[C@@H](c2cccc([C@@H]3CC(=O)N(C)C3=O)n2)C1=O. The van der Waals surface area contributed by atoms with Crippen molar-refractivity contribution in [2.75, 3.05) is 14.1 Å². The van der Waals surface area contributed by atoms with Gasteiger partial charge in [0.15, 0.2) is 0 Å². The van der Waals surface area contributed by atoms with Crippen LogP contribution >= 0.6 is 0 Å². The summed E-state index contributed by atoms with van der Waals surface area (Å²) in [6.45, 7) is 0. The molecule has 0 saturated carbocycles. The van der Waals surface area contributed by atoms with Gasteiger partial charge in [-0.3, -0.25) is 34.0 Å². The van der Waals surface area contributed by atoms with Gasteiger partial charge in [-0.15, -0.1) is 0 Å². The highest BCUT2D eigenvalue weighted by Crippen LogP contribution is 2.31. The maximum atomic E-state index is 12.1. The van der Waals surface area contributed by atoms with Crippen LogP contribution in [0, 0.1) is 0 Å². The number of amides is 4. The second-order valence-corrected chi connectivity index (χ2v) is 5.58. The lowest BCUT2D eigenvalue weighted by Crippen LogP contribution is -2.26. The summed E-state index contributed by atoms with van der Waals surface area (Å²) in [7, 11) is 2.89. The van der Waals surface area contributed by atoms with Crippen molar-refractivity contribution in [2.45, 2.75) is 24.7 Å². The summed E-state index contributed by atoms with van der Waals surface area (Å²) in [6, 6.07) is 5.04. The van der Waals surface area contributed by atoms with Crippen molar-refractivity contribution in [3.63, 3.8) is 0 Å². The van der Waals surface area contributed by atoms with E-state index in [1.807, 2.05) is 0 Å². The first-order valence-electron chi connectivity index (χ1n) is 6.97. The minimum Gasteiger partial charge on any atom is -0.285 e. The molecule has 22 heavy (non-hydrogen) atoms. The molecule has 0 aliphatic carbocycles. The summed E-state index contributed by atoms with van der Waals surface area (Å²) in [6.07, 6.45) is 0.173. The molecule has 0 radical (unpaired) electrons. The fourth-order valence-corrected chi connectivity index (χ4v) is 2.83. The molecule has 0 bridgehead atoms. The zero-order chi connectivity index (χ0) is 16.0. The van der Waals surface area contributed by atoms with E-state index in [0.29, 0.717) is 11.4 Å². The van der Waals surface area contributed by atoms with E-state index in [2.05, 4.69) is 4.98 Å². The van der Waals surface area contributed by atoms with Crippen LogP contribution < -0.4 is 0 Å². The third kappa shape index (κ3) is 2.09. The van der Waals surface area contributed by atoms with E-state index in [1.165, 1.54) is 14.1 Å². The number of nitrogens with zero attached hydrogens (tertiary/aromatic N) is 3. The number of hydrogen-bond donors (Lipinski definition) is 0. The number of imide groups is 2. The summed E-state index contributed by atoms with van der Waals surface area (Å²) in [5.74, 6) is -2.28. The molecule has 3 heterocycles. The summed E-state index contributed by atoms with van der Waals surface area (Å²) in [4.78, 5) is 53.9. The van der Waals surface area contributed by atoms with Gasteiger partial charge in [-0.25, -0.2) is 0 Å². The Morgan fingerprint density at radius 3 is 1.59 bits per heavy atom. The number of likely N-dealkylation sites (tertiary alicyclic amines) is 2. The lowest BCUT2D eigenvalue weighted by atomic mass is 9.99. The van der Waals surface area contributed by atoms with Crippen molar-refractivity contribution in [3.05, 3.63) is 29.6 Å². The van der Waals surface area contributed by atoms with Gasteiger partial charge in [-0.2, -0.15) is 0 Å². The Hall–Kier alpha value is -2.57. The molecule has 0 aromatic carbocycles. The molecule has 1 aromatic heterocycles. The van der Waals surface area contributed by atoms with Gasteiger partial charge in [0.05, 0.1) is 23.2 Å². The second kappa shape index (κ2) is 5.01. The first-order valence-corrected chi connectivity index (χ1v) is 6.97. The summed E-state index contributed by atoms with van der Waals surface area (Å²) in [5, 5.41) is 0. The number of pyridine rings is 1. The topological polar surface area (TPSA) is 87.7 Å². The number of likely N-dealkylation sites (N-methyl/N-ethyl adjacent to an activating group) is 2. The molecular weight excluding hydrogens is 286 g/mol. The summed E-state index contributed by atoms with van der Waals surface area (Å²) >= 11 is 0. The first-order chi connectivity index (χ1) is 10.4. The van der Waals surface area contributed by atoms with Crippen LogP contribution in [-0.4, -0.2) is 52.5 Å². The quantitative estimate of drug-likeness (QED) is 0.719. The van der Waals surface area contributed by atoms with Gasteiger partial charge >= 0.3 is 0 Å². The zero-order valence-corrected chi connectivity index (χ0v) is 12.3. The molecular formula is C15H15N3O4.